The van der Waals surface area contributed by atoms with Crippen LogP contribution >= 0.6 is 0 Å². The van der Waals surface area contributed by atoms with Crippen molar-refractivity contribution in [1.29, 1.82) is 0 Å². The van der Waals surface area contributed by atoms with E-state index in [1.165, 1.54) is 6.92 Å². The number of fused-ring (bicyclic) bond motifs is 1. The van der Waals surface area contributed by atoms with Gasteiger partial charge in [-0.25, -0.2) is 0 Å². The molecule has 10 heteroatoms. The number of carbonyl (C=O) groups is 2. The molecule has 1 aromatic carbocycles. The Balaban J connectivity index is 1.88. The number of amides is 2. The number of nitrogens with one attached hydrogen (secondary N) is 1. The first kappa shape index (κ1) is 20.2. The molecule has 3 rings (SSSR count). The smallest absolute Gasteiger partial charge is 0.281 e. The van der Waals surface area contributed by atoms with Crippen molar-refractivity contribution in [3.8, 4) is 0 Å². The molecule has 0 bridgehead atoms. The van der Waals surface area contributed by atoms with Crippen LogP contribution in [0.25, 0.3) is 0 Å². The summed E-state index contributed by atoms with van der Waals surface area (Å²) in [7, 11) is 0. The maximum absolute atomic E-state index is 12.6. The number of nitrogens with zero attached hydrogens (tertiary/aromatic N) is 2. The Bertz CT molecular complexity index is 784. The summed E-state index contributed by atoms with van der Waals surface area (Å²) < 4.78 is 5.44. The van der Waals surface area contributed by atoms with E-state index in [1.807, 2.05) is 6.92 Å². The molecule has 5 atom stereocenters. The van der Waals surface area contributed by atoms with Gasteiger partial charge in [0.25, 0.3) is 5.91 Å². The topological polar surface area (TPSA) is 141 Å². The fourth-order valence-electron chi connectivity index (χ4n) is 3.33. The van der Waals surface area contributed by atoms with E-state index in [2.05, 4.69) is 10.5 Å². The van der Waals surface area contributed by atoms with Crippen LogP contribution < -0.4 is 10.2 Å². The van der Waals surface area contributed by atoms with Crippen molar-refractivity contribution in [3.05, 3.63) is 29.8 Å². The van der Waals surface area contributed by atoms with E-state index in [-0.39, 0.29) is 11.6 Å². The average Bonchev–Trinajstić information content (AvgIpc) is 2.95. The first-order valence-electron chi connectivity index (χ1n) is 8.93. The Morgan fingerprint density at radius 3 is 2.68 bits per heavy atom. The Morgan fingerprint density at radius 2 is 2.04 bits per heavy atom. The lowest BCUT2D eigenvalue weighted by atomic mass is 9.97. The van der Waals surface area contributed by atoms with Crippen LogP contribution in [0.15, 0.2) is 29.4 Å². The van der Waals surface area contributed by atoms with Gasteiger partial charge < -0.3 is 35.1 Å². The Kier molecular flexibility index (Phi) is 5.94. The molecule has 0 spiro atoms. The molecule has 1 saturated heterocycles. The van der Waals surface area contributed by atoms with E-state index in [9.17, 15) is 24.9 Å². The number of oxime groups is 1. The van der Waals surface area contributed by atoms with Crippen molar-refractivity contribution in [2.75, 3.05) is 18.1 Å². The Morgan fingerprint density at radius 1 is 1.32 bits per heavy atom. The molecule has 0 radical (unpaired) electrons. The largest absolute Gasteiger partial charge is 0.394 e. The lowest BCUT2D eigenvalue weighted by molar-refractivity contribution is -0.270. The normalized spacial score (nSPS) is 31.0. The lowest BCUT2D eigenvalue weighted by Crippen LogP contribution is -2.64. The molecule has 0 aliphatic carbocycles. The molecular weight excluding hydrogens is 370 g/mol. The van der Waals surface area contributed by atoms with Crippen LogP contribution in [-0.4, -0.2) is 76.6 Å². The third kappa shape index (κ3) is 3.59. The number of anilines is 1. The molecule has 2 aliphatic heterocycles. The van der Waals surface area contributed by atoms with Crippen molar-refractivity contribution in [2.24, 2.45) is 5.16 Å². The van der Waals surface area contributed by atoms with Crippen molar-refractivity contribution in [3.63, 3.8) is 0 Å². The van der Waals surface area contributed by atoms with Gasteiger partial charge in [0.15, 0.2) is 5.71 Å². The zero-order valence-corrected chi connectivity index (χ0v) is 15.5. The van der Waals surface area contributed by atoms with Gasteiger partial charge in [0, 0.05) is 19.0 Å². The Hall–Kier alpha value is -2.53. The number of hydrogen-bond donors (Lipinski definition) is 4. The fourth-order valence-corrected chi connectivity index (χ4v) is 3.33. The number of hydrogen-bond acceptors (Lipinski definition) is 8. The molecular formula is C18H23N3O7. The second-order valence-corrected chi connectivity index (χ2v) is 6.54. The summed E-state index contributed by atoms with van der Waals surface area (Å²) in [5.41, 5.74) is 1.34. The molecule has 2 heterocycles. The van der Waals surface area contributed by atoms with Gasteiger partial charge >= 0.3 is 0 Å². The molecule has 0 unspecified atom stereocenters. The van der Waals surface area contributed by atoms with E-state index < -0.39 is 43.2 Å². The standard InChI is InChI=1S/C18H23N3O7/c1-3-21-11-7-5-4-6-10(11)13(17(21)26)20-28-18-14(19-9(2)23)16(25)15(24)12(8-22)27-18/h4-7,12,14-16,18,22,24-25H,3,8H2,1-2H3,(H,19,23)/t12-,14+,15+,16-,18-/m0/s1. The molecule has 0 aromatic heterocycles. The molecule has 10 nitrogen and oxygen atoms in total. The van der Waals surface area contributed by atoms with E-state index in [4.69, 9.17) is 9.57 Å². The van der Waals surface area contributed by atoms with Crippen LogP contribution in [-0.2, 0) is 19.2 Å². The van der Waals surface area contributed by atoms with Crippen LogP contribution in [0.4, 0.5) is 5.69 Å². The predicted octanol–water partition coefficient (Wildman–Crippen LogP) is -1.28. The molecule has 2 amide bonds. The van der Waals surface area contributed by atoms with Gasteiger partial charge in [0.1, 0.15) is 24.4 Å². The van der Waals surface area contributed by atoms with E-state index >= 15 is 0 Å². The molecule has 28 heavy (non-hydrogen) atoms. The highest BCUT2D eigenvalue weighted by Crippen LogP contribution is 2.29. The van der Waals surface area contributed by atoms with Gasteiger partial charge in [-0.05, 0) is 13.0 Å². The quantitative estimate of drug-likeness (QED) is 0.457. The van der Waals surface area contributed by atoms with Crippen LogP contribution in [0.5, 0.6) is 0 Å². The summed E-state index contributed by atoms with van der Waals surface area (Å²) >= 11 is 0. The van der Waals surface area contributed by atoms with E-state index in [1.54, 1.807) is 29.2 Å². The number of aliphatic hydroxyl groups excluding tert-OH is 3. The highest BCUT2D eigenvalue weighted by molar-refractivity contribution is 6.54. The van der Waals surface area contributed by atoms with Crippen LogP contribution in [0.3, 0.4) is 0 Å². The third-order valence-corrected chi connectivity index (χ3v) is 4.71. The predicted molar refractivity (Wildman–Crippen MR) is 97.5 cm³/mol. The van der Waals surface area contributed by atoms with Crippen molar-refractivity contribution >= 4 is 23.2 Å². The highest BCUT2D eigenvalue weighted by atomic mass is 16.8. The number of rotatable bonds is 5. The Labute approximate surface area is 161 Å². The van der Waals surface area contributed by atoms with E-state index in [0.717, 1.165) is 0 Å². The second-order valence-electron chi connectivity index (χ2n) is 6.54. The first-order valence-corrected chi connectivity index (χ1v) is 8.93. The maximum atomic E-state index is 12.6. The fraction of sp³-hybridized carbons (Fsp3) is 0.500. The minimum absolute atomic E-state index is 0.0591. The summed E-state index contributed by atoms with van der Waals surface area (Å²) in [5.74, 6) is -0.835. The SMILES string of the molecule is CCN1C(=O)C(=NO[C@@H]2O[C@@H](CO)[C@@H](O)[C@@H](O)[C@H]2NC(C)=O)c2ccccc21. The molecule has 1 fully saturated rings. The summed E-state index contributed by atoms with van der Waals surface area (Å²) in [4.78, 5) is 31.0. The minimum Gasteiger partial charge on any atom is -0.394 e. The average molecular weight is 393 g/mol. The van der Waals surface area contributed by atoms with Gasteiger partial charge in [0.2, 0.25) is 12.2 Å². The van der Waals surface area contributed by atoms with Crippen molar-refractivity contribution < 1.29 is 34.5 Å². The number of likely N-dealkylation sites (N-methyl/N-ethyl adjacent to an activating group) is 1. The van der Waals surface area contributed by atoms with Gasteiger partial charge in [0.05, 0.1) is 12.3 Å². The number of para-hydroxylation sites is 1. The zero-order valence-electron chi connectivity index (χ0n) is 15.5. The lowest BCUT2D eigenvalue weighted by Gasteiger charge is -2.40. The molecule has 1 aromatic rings. The number of aliphatic hydroxyl groups is 3. The van der Waals surface area contributed by atoms with Gasteiger partial charge in [-0.2, -0.15) is 0 Å². The summed E-state index contributed by atoms with van der Waals surface area (Å²) in [6.07, 6.45) is -5.34. The number of ether oxygens (including phenoxy) is 1. The van der Waals surface area contributed by atoms with Crippen molar-refractivity contribution in [1.82, 2.24) is 5.32 Å². The summed E-state index contributed by atoms with van der Waals surface area (Å²) in [6.45, 7) is 2.93. The monoisotopic (exact) mass is 393 g/mol. The highest BCUT2D eigenvalue weighted by Gasteiger charge is 2.46. The van der Waals surface area contributed by atoms with Gasteiger partial charge in [-0.3, -0.25) is 9.59 Å². The van der Waals surface area contributed by atoms with Gasteiger partial charge in [-0.1, -0.05) is 23.4 Å². The molecule has 152 valence electrons. The summed E-state index contributed by atoms with van der Waals surface area (Å²) in [6, 6.07) is 5.94. The summed E-state index contributed by atoms with van der Waals surface area (Å²) in [5, 5.41) is 36.0. The number of benzene rings is 1. The second kappa shape index (κ2) is 8.23. The van der Waals surface area contributed by atoms with Crippen LogP contribution in [0, 0.1) is 0 Å². The van der Waals surface area contributed by atoms with Crippen LogP contribution in [0.2, 0.25) is 0 Å². The molecule has 0 saturated carbocycles. The van der Waals surface area contributed by atoms with Crippen LogP contribution in [0.1, 0.15) is 19.4 Å². The van der Waals surface area contributed by atoms with Gasteiger partial charge in [-0.15, -0.1) is 0 Å². The molecule has 4 N–H and O–H groups in total. The minimum atomic E-state index is -1.46. The molecule has 2 aliphatic rings. The zero-order chi connectivity index (χ0) is 20.4. The maximum Gasteiger partial charge on any atom is 0.281 e. The first-order chi connectivity index (χ1) is 13.4. The van der Waals surface area contributed by atoms with Crippen molar-refractivity contribution in [2.45, 2.75) is 44.5 Å². The third-order valence-electron chi connectivity index (χ3n) is 4.71. The van der Waals surface area contributed by atoms with E-state index in [0.29, 0.717) is 17.8 Å². The number of carbonyl (C=O) groups excluding carboxylic acids is 2.